The number of piperidine rings is 2. The Hall–Kier alpha value is -2.01. The average molecular weight is 336 g/mol. The molecule has 4 unspecified atom stereocenters. The number of fused-ring (bicyclic) bond motifs is 4. The highest BCUT2D eigenvalue weighted by atomic mass is 16.7. The molecule has 7 rings (SSSR count). The van der Waals surface area contributed by atoms with E-state index in [1.165, 1.54) is 5.56 Å². The molecule has 1 aliphatic carbocycles. The fourth-order valence-electron chi connectivity index (χ4n) is 7.15. The standard InChI is InChI=1S/C20H20N2O3/c23-17-10-19-3-1-6-21-7-2-13-12-8-15-16(25-11-24-15)9-14(12)22(17)20(13,5-4-19)18(19)21/h1,3,8-9,13,18H,2,4-7,10-11H2. The van der Waals surface area contributed by atoms with Gasteiger partial charge in [0.1, 0.15) is 0 Å². The minimum Gasteiger partial charge on any atom is -0.454 e. The van der Waals surface area contributed by atoms with Gasteiger partial charge in [0.25, 0.3) is 0 Å². The number of hydrogen-bond donors (Lipinski definition) is 0. The van der Waals surface area contributed by atoms with Crippen molar-refractivity contribution in [2.45, 2.75) is 43.2 Å². The Morgan fingerprint density at radius 1 is 1.16 bits per heavy atom. The van der Waals surface area contributed by atoms with E-state index in [-0.39, 0.29) is 17.7 Å². The maximum Gasteiger partial charge on any atom is 0.231 e. The first-order valence-corrected chi connectivity index (χ1v) is 9.41. The lowest BCUT2D eigenvalue weighted by molar-refractivity contribution is -0.127. The van der Waals surface area contributed by atoms with Crippen LogP contribution in [0.1, 0.15) is 37.2 Å². The molecule has 4 atom stereocenters. The van der Waals surface area contributed by atoms with E-state index in [1.807, 2.05) is 0 Å². The minimum absolute atomic E-state index is 0.0578. The molecule has 0 N–H and O–H groups in total. The van der Waals surface area contributed by atoms with Crippen molar-refractivity contribution in [3.63, 3.8) is 0 Å². The second-order valence-electron chi connectivity index (χ2n) is 8.54. The molecule has 1 saturated carbocycles. The molecule has 5 heterocycles. The third-order valence-corrected chi connectivity index (χ3v) is 7.76. The maximum atomic E-state index is 13.3. The number of benzene rings is 1. The monoisotopic (exact) mass is 336 g/mol. The molecule has 5 aliphatic heterocycles. The Morgan fingerprint density at radius 2 is 2.04 bits per heavy atom. The SMILES string of the molecule is O=C1CC23C=CCN4CCC5c6cc7c(cc6N1C5(CC2)C43)OCO7. The van der Waals surface area contributed by atoms with Gasteiger partial charge in [0, 0.05) is 36.4 Å². The number of anilines is 1. The van der Waals surface area contributed by atoms with E-state index in [9.17, 15) is 4.79 Å². The molecule has 3 fully saturated rings. The first kappa shape index (κ1) is 13.2. The normalized spacial score (nSPS) is 41.9. The van der Waals surface area contributed by atoms with Crippen molar-refractivity contribution < 1.29 is 14.3 Å². The van der Waals surface area contributed by atoms with Crippen LogP contribution in [0.5, 0.6) is 11.5 Å². The van der Waals surface area contributed by atoms with Crippen LogP contribution < -0.4 is 14.4 Å². The number of rotatable bonds is 0. The van der Waals surface area contributed by atoms with E-state index in [0.29, 0.717) is 24.3 Å². The highest BCUT2D eigenvalue weighted by Crippen LogP contribution is 2.69. The fourth-order valence-corrected chi connectivity index (χ4v) is 7.15. The summed E-state index contributed by atoms with van der Waals surface area (Å²) in [4.78, 5) is 18.2. The smallest absolute Gasteiger partial charge is 0.231 e. The van der Waals surface area contributed by atoms with Gasteiger partial charge in [-0.25, -0.2) is 0 Å². The fraction of sp³-hybridized carbons (Fsp3) is 0.550. The zero-order valence-electron chi connectivity index (χ0n) is 14.0. The van der Waals surface area contributed by atoms with Crippen molar-refractivity contribution >= 4 is 11.6 Å². The van der Waals surface area contributed by atoms with Gasteiger partial charge in [0.15, 0.2) is 11.5 Å². The van der Waals surface area contributed by atoms with Gasteiger partial charge in [-0.2, -0.15) is 0 Å². The Balaban J connectivity index is 1.52. The maximum absolute atomic E-state index is 13.3. The summed E-state index contributed by atoms with van der Waals surface area (Å²) in [5.41, 5.74) is 2.40. The minimum atomic E-state index is -0.0598. The van der Waals surface area contributed by atoms with E-state index >= 15 is 0 Å². The quantitative estimate of drug-likeness (QED) is 0.683. The van der Waals surface area contributed by atoms with Gasteiger partial charge in [0.05, 0.1) is 11.2 Å². The van der Waals surface area contributed by atoms with Crippen LogP contribution in [0.2, 0.25) is 0 Å². The molecule has 1 spiro atoms. The molecule has 2 saturated heterocycles. The van der Waals surface area contributed by atoms with Crippen LogP contribution in [0.25, 0.3) is 0 Å². The van der Waals surface area contributed by atoms with Gasteiger partial charge in [-0.05, 0) is 37.4 Å². The number of amides is 1. The van der Waals surface area contributed by atoms with Gasteiger partial charge in [-0.1, -0.05) is 12.2 Å². The highest BCUT2D eigenvalue weighted by Gasteiger charge is 2.73. The van der Waals surface area contributed by atoms with Crippen molar-refractivity contribution in [3.05, 3.63) is 29.8 Å². The van der Waals surface area contributed by atoms with Crippen LogP contribution in [0.3, 0.4) is 0 Å². The molecule has 1 aromatic rings. The largest absolute Gasteiger partial charge is 0.454 e. The molecule has 0 aromatic heterocycles. The molecule has 1 aromatic carbocycles. The Bertz CT molecular complexity index is 880. The summed E-state index contributed by atoms with van der Waals surface area (Å²) in [6.45, 7) is 2.44. The van der Waals surface area contributed by atoms with Crippen molar-refractivity contribution in [2.75, 3.05) is 24.8 Å². The third-order valence-electron chi connectivity index (χ3n) is 7.76. The Kier molecular flexibility index (Phi) is 2.05. The molecule has 5 heteroatoms. The molecule has 5 nitrogen and oxygen atoms in total. The van der Waals surface area contributed by atoms with Crippen molar-refractivity contribution in [1.82, 2.24) is 4.90 Å². The van der Waals surface area contributed by atoms with Crippen molar-refractivity contribution in [2.24, 2.45) is 5.41 Å². The zero-order valence-corrected chi connectivity index (χ0v) is 14.0. The van der Waals surface area contributed by atoms with Crippen LogP contribution in [-0.2, 0) is 4.79 Å². The number of ether oxygens (including phenoxy) is 2. The van der Waals surface area contributed by atoms with Crippen LogP contribution in [0.15, 0.2) is 24.3 Å². The van der Waals surface area contributed by atoms with Gasteiger partial charge in [0.2, 0.25) is 12.7 Å². The number of carbonyl (C=O) groups excluding carboxylic acids is 1. The first-order valence-electron chi connectivity index (χ1n) is 9.41. The molecule has 128 valence electrons. The zero-order chi connectivity index (χ0) is 16.4. The summed E-state index contributed by atoms with van der Waals surface area (Å²) in [6, 6.07) is 4.69. The summed E-state index contributed by atoms with van der Waals surface area (Å²) in [5, 5.41) is 0. The average Bonchev–Trinajstić information content (AvgIpc) is 3.25. The second kappa shape index (κ2) is 3.88. The Morgan fingerprint density at radius 3 is 2.96 bits per heavy atom. The molecule has 25 heavy (non-hydrogen) atoms. The molecule has 1 amide bonds. The summed E-state index contributed by atoms with van der Waals surface area (Å²) < 4.78 is 11.3. The summed E-state index contributed by atoms with van der Waals surface area (Å²) in [5.74, 6) is 2.36. The molecular formula is C20H20N2O3. The lowest BCUT2D eigenvalue weighted by atomic mass is 9.63. The van der Waals surface area contributed by atoms with Crippen LogP contribution >= 0.6 is 0 Å². The van der Waals surface area contributed by atoms with Gasteiger partial charge in [-0.3, -0.25) is 9.69 Å². The molecule has 0 radical (unpaired) electrons. The Labute approximate surface area is 146 Å². The number of nitrogens with zero attached hydrogens (tertiary/aromatic N) is 2. The molecule has 2 bridgehead atoms. The second-order valence-corrected chi connectivity index (χ2v) is 8.54. The number of hydrogen-bond acceptors (Lipinski definition) is 4. The van der Waals surface area contributed by atoms with E-state index < -0.39 is 0 Å². The van der Waals surface area contributed by atoms with Crippen molar-refractivity contribution in [1.29, 1.82) is 0 Å². The predicted octanol–water partition coefficient (Wildman–Crippen LogP) is 2.41. The van der Waals surface area contributed by atoms with E-state index in [1.54, 1.807) is 0 Å². The van der Waals surface area contributed by atoms with Crippen LogP contribution in [-0.4, -0.2) is 42.3 Å². The third kappa shape index (κ3) is 1.25. The summed E-state index contributed by atoms with van der Waals surface area (Å²) in [6.07, 6.45) is 8.69. The lowest BCUT2D eigenvalue weighted by Gasteiger charge is -2.59. The van der Waals surface area contributed by atoms with Crippen LogP contribution in [0, 0.1) is 5.41 Å². The number of carbonyl (C=O) groups is 1. The first-order chi connectivity index (χ1) is 12.2. The molecule has 6 aliphatic rings. The van der Waals surface area contributed by atoms with E-state index in [0.717, 1.165) is 49.5 Å². The summed E-state index contributed by atoms with van der Waals surface area (Å²) in [7, 11) is 0. The summed E-state index contributed by atoms with van der Waals surface area (Å²) >= 11 is 0. The van der Waals surface area contributed by atoms with Gasteiger partial charge >= 0.3 is 0 Å². The van der Waals surface area contributed by atoms with Crippen molar-refractivity contribution in [3.8, 4) is 11.5 Å². The van der Waals surface area contributed by atoms with Crippen LogP contribution in [0.4, 0.5) is 5.69 Å². The van der Waals surface area contributed by atoms with E-state index in [2.05, 4.69) is 34.1 Å². The predicted molar refractivity (Wildman–Crippen MR) is 90.9 cm³/mol. The van der Waals surface area contributed by atoms with Gasteiger partial charge in [-0.15, -0.1) is 0 Å². The highest BCUT2D eigenvalue weighted by molar-refractivity contribution is 6.01. The van der Waals surface area contributed by atoms with E-state index in [4.69, 9.17) is 9.47 Å². The lowest BCUT2D eigenvalue weighted by Crippen LogP contribution is -2.72. The molecular weight excluding hydrogens is 316 g/mol. The topological polar surface area (TPSA) is 42.0 Å². The van der Waals surface area contributed by atoms with Gasteiger partial charge < -0.3 is 14.4 Å².